The number of carboxylic acids is 1. The summed E-state index contributed by atoms with van der Waals surface area (Å²) in [6.45, 7) is 4.83. The molecule has 1 N–H and O–H groups in total. The standard InChI is InChI=1S/C21H25NO4/c1-3-16-8-10-18(11-9-16)20(4-2)22-26-13-12-25-19-7-5-6-17(14-19)15-21(23)24/h5-11,14H,3-4,12-13,15H2,1-2H3,(H,23,24)/b22-20+. The van der Waals surface area contributed by atoms with Crippen molar-refractivity contribution in [1.82, 2.24) is 0 Å². The van der Waals surface area contributed by atoms with Crippen LogP contribution >= 0.6 is 0 Å². The van der Waals surface area contributed by atoms with E-state index in [1.807, 2.05) is 6.92 Å². The molecule has 138 valence electrons. The Balaban J connectivity index is 1.82. The second kappa shape index (κ2) is 10.2. The van der Waals surface area contributed by atoms with Gasteiger partial charge in [0, 0.05) is 0 Å². The summed E-state index contributed by atoms with van der Waals surface area (Å²) in [5.41, 5.74) is 3.96. The number of rotatable bonds is 10. The molecule has 0 unspecified atom stereocenters. The maximum absolute atomic E-state index is 10.7. The molecule has 2 aromatic carbocycles. The van der Waals surface area contributed by atoms with E-state index in [1.54, 1.807) is 24.3 Å². The fraction of sp³-hybridized carbons (Fsp3) is 0.333. The van der Waals surface area contributed by atoms with Gasteiger partial charge >= 0.3 is 5.97 Å². The van der Waals surface area contributed by atoms with Crippen LogP contribution in [0.3, 0.4) is 0 Å². The third-order valence-corrected chi connectivity index (χ3v) is 3.90. The van der Waals surface area contributed by atoms with E-state index in [4.69, 9.17) is 14.7 Å². The van der Waals surface area contributed by atoms with Crippen molar-refractivity contribution in [2.75, 3.05) is 13.2 Å². The summed E-state index contributed by atoms with van der Waals surface area (Å²) >= 11 is 0. The maximum Gasteiger partial charge on any atom is 0.307 e. The maximum atomic E-state index is 10.7. The first-order valence-corrected chi connectivity index (χ1v) is 8.84. The Morgan fingerprint density at radius 3 is 2.46 bits per heavy atom. The summed E-state index contributed by atoms with van der Waals surface area (Å²) in [7, 11) is 0. The van der Waals surface area contributed by atoms with Gasteiger partial charge in [0.25, 0.3) is 0 Å². The Hall–Kier alpha value is -2.82. The highest BCUT2D eigenvalue weighted by Gasteiger charge is 2.04. The average molecular weight is 355 g/mol. The lowest BCUT2D eigenvalue weighted by molar-refractivity contribution is -0.136. The molecule has 0 atom stereocenters. The van der Waals surface area contributed by atoms with Gasteiger partial charge in [-0.05, 0) is 41.7 Å². The number of aliphatic carboxylic acids is 1. The van der Waals surface area contributed by atoms with E-state index in [-0.39, 0.29) is 6.42 Å². The molecule has 26 heavy (non-hydrogen) atoms. The van der Waals surface area contributed by atoms with Gasteiger partial charge < -0.3 is 14.7 Å². The van der Waals surface area contributed by atoms with Crippen molar-refractivity contribution in [3.05, 3.63) is 65.2 Å². The van der Waals surface area contributed by atoms with E-state index in [0.29, 0.717) is 24.5 Å². The third kappa shape index (κ3) is 6.24. The molecule has 0 saturated heterocycles. The van der Waals surface area contributed by atoms with Crippen molar-refractivity contribution in [2.45, 2.75) is 33.1 Å². The predicted molar refractivity (Wildman–Crippen MR) is 102 cm³/mol. The molecule has 0 aliphatic carbocycles. The number of hydrogen-bond donors (Lipinski definition) is 1. The van der Waals surface area contributed by atoms with Gasteiger partial charge in [0.2, 0.25) is 0 Å². The number of ether oxygens (including phenoxy) is 1. The highest BCUT2D eigenvalue weighted by atomic mass is 16.6. The van der Waals surface area contributed by atoms with Crippen LogP contribution in [0.2, 0.25) is 0 Å². The van der Waals surface area contributed by atoms with Crippen LogP contribution in [0.5, 0.6) is 5.75 Å². The zero-order valence-electron chi connectivity index (χ0n) is 15.3. The minimum Gasteiger partial charge on any atom is -0.490 e. The van der Waals surface area contributed by atoms with E-state index in [0.717, 1.165) is 24.1 Å². The molecule has 0 fully saturated rings. The first kappa shape index (κ1) is 19.5. The number of benzene rings is 2. The van der Waals surface area contributed by atoms with Crippen LogP contribution in [0, 0.1) is 0 Å². The fourth-order valence-corrected chi connectivity index (χ4v) is 2.49. The molecule has 0 amide bonds. The van der Waals surface area contributed by atoms with Gasteiger partial charge in [0.15, 0.2) is 6.61 Å². The number of nitrogens with zero attached hydrogens (tertiary/aromatic N) is 1. The normalized spacial score (nSPS) is 11.2. The zero-order chi connectivity index (χ0) is 18.8. The van der Waals surface area contributed by atoms with Crippen LogP contribution in [-0.2, 0) is 22.5 Å². The van der Waals surface area contributed by atoms with E-state index in [1.165, 1.54) is 5.56 Å². The predicted octanol–water partition coefficient (Wildman–Crippen LogP) is 4.09. The zero-order valence-corrected chi connectivity index (χ0v) is 15.3. The highest BCUT2D eigenvalue weighted by molar-refractivity contribution is 6.00. The Morgan fingerprint density at radius 1 is 1.04 bits per heavy atom. The van der Waals surface area contributed by atoms with Crippen molar-refractivity contribution in [3.63, 3.8) is 0 Å². The quantitative estimate of drug-likeness (QED) is 0.396. The minimum atomic E-state index is -0.862. The summed E-state index contributed by atoms with van der Waals surface area (Å²) in [5.74, 6) is -0.235. The number of aryl methyl sites for hydroxylation is 1. The van der Waals surface area contributed by atoms with E-state index >= 15 is 0 Å². The second-order valence-corrected chi connectivity index (χ2v) is 5.84. The molecule has 0 heterocycles. The highest BCUT2D eigenvalue weighted by Crippen LogP contribution is 2.14. The van der Waals surface area contributed by atoms with Gasteiger partial charge in [-0.2, -0.15) is 0 Å². The van der Waals surface area contributed by atoms with E-state index < -0.39 is 5.97 Å². The van der Waals surface area contributed by atoms with Gasteiger partial charge in [-0.1, -0.05) is 55.4 Å². The van der Waals surface area contributed by atoms with Crippen LogP contribution in [0.15, 0.2) is 53.7 Å². The van der Waals surface area contributed by atoms with Gasteiger partial charge in [0.05, 0.1) is 12.1 Å². The summed E-state index contributed by atoms with van der Waals surface area (Å²) in [6.07, 6.45) is 1.78. The topological polar surface area (TPSA) is 68.1 Å². The summed E-state index contributed by atoms with van der Waals surface area (Å²) in [5, 5.41) is 13.0. The number of carbonyl (C=O) groups is 1. The first-order valence-electron chi connectivity index (χ1n) is 8.84. The van der Waals surface area contributed by atoms with Crippen molar-refractivity contribution >= 4 is 11.7 Å². The van der Waals surface area contributed by atoms with Crippen molar-refractivity contribution in [2.24, 2.45) is 5.16 Å². The Bertz CT molecular complexity index is 738. The monoisotopic (exact) mass is 355 g/mol. The molecule has 0 aliphatic rings. The molecular formula is C21H25NO4. The fourth-order valence-electron chi connectivity index (χ4n) is 2.49. The molecule has 0 radical (unpaired) electrons. The smallest absolute Gasteiger partial charge is 0.307 e. The molecule has 2 aromatic rings. The van der Waals surface area contributed by atoms with E-state index in [2.05, 4.69) is 36.3 Å². The van der Waals surface area contributed by atoms with Gasteiger partial charge in [-0.15, -0.1) is 0 Å². The molecule has 2 rings (SSSR count). The van der Waals surface area contributed by atoms with Gasteiger partial charge in [-0.3, -0.25) is 4.79 Å². The Morgan fingerprint density at radius 2 is 1.81 bits per heavy atom. The average Bonchev–Trinajstić information content (AvgIpc) is 2.65. The third-order valence-electron chi connectivity index (χ3n) is 3.90. The number of oxime groups is 1. The summed E-state index contributed by atoms with van der Waals surface area (Å²) in [6, 6.07) is 15.4. The van der Waals surface area contributed by atoms with Gasteiger partial charge in [0.1, 0.15) is 12.4 Å². The lowest BCUT2D eigenvalue weighted by Gasteiger charge is -2.08. The molecular weight excluding hydrogens is 330 g/mol. The van der Waals surface area contributed by atoms with Gasteiger partial charge in [-0.25, -0.2) is 0 Å². The van der Waals surface area contributed by atoms with Crippen LogP contribution in [0.4, 0.5) is 0 Å². The van der Waals surface area contributed by atoms with Crippen molar-refractivity contribution in [1.29, 1.82) is 0 Å². The summed E-state index contributed by atoms with van der Waals surface area (Å²) in [4.78, 5) is 16.1. The molecule has 0 aliphatic heterocycles. The largest absolute Gasteiger partial charge is 0.490 e. The molecule has 0 spiro atoms. The van der Waals surface area contributed by atoms with Crippen molar-refractivity contribution in [3.8, 4) is 5.75 Å². The lowest BCUT2D eigenvalue weighted by atomic mass is 10.1. The van der Waals surface area contributed by atoms with Crippen LogP contribution in [-0.4, -0.2) is 30.0 Å². The molecule has 0 saturated carbocycles. The minimum absolute atomic E-state index is 0.0192. The molecule has 5 heteroatoms. The van der Waals surface area contributed by atoms with Crippen molar-refractivity contribution < 1.29 is 19.5 Å². The molecule has 5 nitrogen and oxygen atoms in total. The Kier molecular flexibility index (Phi) is 7.68. The number of hydrogen-bond acceptors (Lipinski definition) is 4. The summed E-state index contributed by atoms with van der Waals surface area (Å²) < 4.78 is 5.59. The van der Waals surface area contributed by atoms with E-state index in [9.17, 15) is 4.79 Å². The number of carboxylic acid groups (broad SMARTS) is 1. The second-order valence-electron chi connectivity index (χ2n) is 5.84. The van der Waals surface area contributed by atoms with Crippen LogP contribution < -0.4 is 4.74 Å². The van der Waals surface area contributed by atoms with Crippen LogP contribution in [0.1, 0.15) is 37.0 Å². The van der Waals surface area contributed by atoms with Crippen LogP contribution in [0.25, 0.3) is 0 Å². The lowest BCUT2D eigenvalue weighted by Crippen LogP contribution is -2.07. The molecule has 0 aromatic heterocycles. The SMILES string of the molecule is CC/C(=N\OCCOc1cccc(CC(=O)O)c1)c1ccc(CC)cc1. The molecule has 0 bridgehead atoms. The first-order chi connectivity index (χ1) is 12.6. The Labute approximate surface area is 154 Å².